The number of benzene rings is 1. The van der Waals surface area contributed by atoms with Gasteiger partial charge >= 0.3 is 0 Å². The Morgan fingerprint density at radius 3 is 2.65 bits per heavy atom. The highest BCUT2D eigenvalue weighted by molar-refractivity contribution is 6.31. The Kier molecular flexibility index (Phi) is 4.85. The number of amides is 1. The van der Waals surface area contributed by atoms with Gasteiger partial charge in [0.1, 0.15) is 0 Å². The second kappa shape index (κ2) is 6.82. The Morgan fingerprint density at radius 1 is 1.25 bits per heavy atom. The molecule has 2 rings (SSSR count). The van der Waals surface area contributed by atoms with E-state index in [0.717, 1.165) is 11.3 Å². The van der Waals surface area contributed by atoms with Crippen molar-refractivity contribution in [2.45, 2.75) is 13.3 Å². The van der Waals surface area contributed by atoms with E-state index in [1.807, 2.05) is 25.1 Å². The first kappa shape index (κ1) is 14.2. The van der Waals surface area contributed by atoms with Gasteiger partial charge in [-0.25, -0.2) is 5.43 Å². The molecule has 0 fully saturated rings. The van der Waals surface area contributed by atoms with Gasteiger partial charge in [0.05, 0.1) is 5.71 Å². The molecule has 5 heteroatoms. The standard InChI is InChI=1S/C15H14ClN3O/c1-2-14(12-4-3-5-13(16)10-12)18-19-15(20)11-6-8-17-9-7-11/h3-10H,2H2,1H3,(H,19,20). The fourth-order valence-corrected chi connectivity index (χ4v) is 1.89. The van der Waals surface area contributed by atoms with Gasteiger partial charge in [-0.2, -0.15) is 5.10 Å². The van der Waals surface area contributed by atoms with E-state index in [9.17, 15) is 4.79 Å². The van der Waals surface area contributed by atoms with Crippen molar-refractivity contribution in [1.82, 2.24) is 10.4 Å². The van der Waals surface area contributed by atoms with Crippen molar-refractivity contribution >= 4 is 23.2 Å². The van der Waals surface area contributed by atoms with Crippen LogP contribution in [0.1, 0.15) is 29.3 Å². The molecule has 0 unspecified atom stereocenters. The number of hydrazone groups is 1. The number of carbonyl (C=O) groups excluding carboxylic acids is 1. The lowest BCUT2D eigenvalue weighted by atomic mass is 10.1. The molecule has 0 aliphatic heterocycles. The van der Waals surface area contributed by atoms with Crippen LogP contribution in [0.2, 0.25) is 5.02 Å². The fourth-order valence-electron chi connectivity index (χ4n) is 1.70. The average Bonchev–Trinajstić information content (AvgIpc) is 2.48. The first-order valence-electron chi connectivity index (χ1n) is 6.23. The summed E-state index contributed by atoms with van der Waals surface area (Å²) in [4.78, 5) is 15.8. The van der Waals surface area contributed by atoms with Crippen LogP contribution in [0.5, 0.6) is 0 Å². The number of nitrogens with one attached hydrogen (secondary N) is 1. The summed E-state index contributed by atoms with van der Waals surface area (Å²) in [7, 11) is 0. The molecule has 1 N–H and O–H groups in total. The zero-order valence-electron chi connectivity index (χ0n) is 11.0. The number of hydrogen-bond acceptors (Lipinski definition) is 3. The van der Waals surface area contributed by atoms with Crippen LogP contribution in [0, 0.1) is 0 Å². The summed E-state index contributed by atoms with van der Waals surface area (Å²) in [5.74, 6) is -0.264. The van der Waals surface area contributed by atoms with E-state index in [2.05, 4.69) is 15.5 Å². The summed E-state index contributed by atoms with van der Waals surface area (Å²) in [6.45, 7) is 1.97. The van der Waals surface area contributed by atoms with E-state index in [-0.39, 0.29) is 5.91 Å². The number of nitrogens with zero attached hydrogens (tertiary/aromatic N) is 2. The molecule has 0 bridgehead atoms. The molecule has 0 atom stereocenters. The number of pyridine rings is 1. The molecule has 0 radical (unpaired) electrons. The number of halogens is 1. The lowest BCUT2D eigenvalue weighted by Gasteiger charge is -2.05. The van der Waals surface area contributed by atoms with Crippen LogP contribution in [0.25, 0.3) is 0 Å². The normalized spacial score (nSPS) is 11.2. The zero-order chi connectivity index (χ0) is 14.4. The number of aromatic nitrogens is 1. The molecule has 1 aromatic carbocycles. The quantitative estimate of drug-likeness (QED) is 0.693. The van der Waals surface area contributed by atoms with E-state index in [4.69, 9.17) is 11.6 Å². The third-order valence-corrected chi connectivity index (χ3v) is 2.96. The monoisotopic (exact) mass is 287 g/mol. The van der Waals surface area contributed by atoms with Crippen molar-refractivity contribution in [3.63, 3.8) is 0 Å². The molecular formula is C15H14ClN3O. The topological polar surface area (TPSA) is 54.4 Å². The van der Waals surface area contributed by atoms with Crippen molar-refractivity contribution in [2.24, 2.45) is 5.10 Å². The van der Waals surface area contributed by atoms with Crippen molar-refractivity contribution in [1.29, 1.82) is 0 Å². The minimum absolute atomic E-state index is 0.264. The highest BCUT2D eigenvalue weighted by Crippen LogP contribution is 2.12. The molecule has 0 aliphatic rings. The summed E-state index contributed by atoms with van der Waals surface area (Å²) < 4.78 is 0. The summed E-state index contributed by atoms with van der Waals surface area (Å²) in [5, 5.41) is 4.81. The lowest BCUT2D eigenvalue weighted by molar-refractivity contribution is 0.0954. The van der Waals surface area contributed by atoms with Crippen molar-refractivity contribution in [2.75, 3.05) is 0 Å². The van der Waals surface area contributed by atoms with Gasteiger partial charge in [-0.05, 0) is 36.2 Å². The second-order valence-corrected chi connectivity index (χ2v) is 4.54. The van der Waals surface area contributed by atoms with Crippen LogP contribution >= 0.6 is 11.6 Å². The van der Waals surface area contributed by atoms with E-state index in [1.54, 1.807) is 30.6 Å². The first-order valence-corrected chi connectivity index (χ1v) is 6.61. The van der Waals surface area contributed by atoms with Crippen LogP contribution in [0.15, 0.2) is 53.9 Å². The van der Waals surface area contributed by atoms with Gasteiger partial charge in [0.15, 0.2) is 0 Å². The number of carbonyl (C=O) groups is 1. The summed E-state index contributed by atoms with van der Waals surface area (Å²) in [6, 6.07) is 10.7. The van der Waals surface area contributed by atoms with Crippen molar-refractivity contribution in [3.8, 4) is 0 Å². The Balaban J connectivity index is 2.14. The molecule has 0 aliphatic carbocycles. The van der Waals surface area contributed by atoms with Crippen LogP contribution in [-0.4, -0.2) is 16.6 Å². The first-order chi connectivity index (χ1) is 9.70. The second-order valence-electron chi connectivity index (χ2n) is 4.10. The Hall–Kier alpha value is -2.20. The number of hydrogen-bond donors (Lipinski definition) is 1. The molecule has 0 saturated carbocycles. The van der Waals surface area contributed by atoms with Gasteiger partial charge in [0.25, 0.3) is 5.91 Å². The van der Waals surface area contributed by atoms with Gasteiger partial charge in [-0.3, -0.25) is 9.78 Å². The molecule has 4 nitrogen and oxygen atoms in total. The van der Waals surface area contributed by atoms with E-state index >= 15 is 0 Å². The van der Waals surface area contributed by atoms with Gasteiger partial charge in [0.2, 0.25) is 0 Å². The highest BCUT2D eigenvalue weighted by atomic mass is 35.5. The molecule has 102 valence electrons. The predicted octanol–water partition coefficient (Wildman–Crippen LogP) is 3.28. The van der Waals surface area contributed by atoms with Crippen LogP contribution in [-0.2, 0) is 0 Å². The SMILES string of the molecule is CCC(=NNC(=O)c1ccncc1)c1cccc(Cl)c1. The molecule has 0 spiro atoms. The van der Waals surface area contributed by atoms with Crippen LogP contribution in [0.4, 0.5) is 0 Å². The van der Waals surface area contributed by atoms with E-state index in [1.165, 1.54) is 0 Å². The van der Waals surface area contributed by atoms with Crippen LogP contribution in [0.3, 0.4) is 0 Å². The summed E-state index contributed by atoms with van der Waals surface area (Å²) in [5.41, 5.74) is 4.74. The zero-order valence-corrected chi connectivity index (χ0v) is 11.8. The number of rotatable bonds is 4. The summed E-state index contributed by atoms with van der Waals surface area (Å²) in [6.07, 6.45) is 3.82. The van der Waals surface area contributed by atoms with Crippen LogP contribution < -0.4 is 5.43 Å². The third kappa shape index (κ3) is 3.65. The fraction of sp³-hybridized carbons (Fsp3) is 0.133. The molecule has 20 heavy (non-hydrogen) atoms. The summed E-state index contributed by atoms with van der Waals surface area (Å²) >= 11 is 5.96. The minimum Gasteiger partial charge on any atom is -0.267 e. The third-order valence-electron chi connectivity index (χ3n) is 2.73. The average molecular weight is 288 g/mol. The van der Waals surface area contributed by atoms with E-state index in [0.29, 0.717) is 17.0 Å². The van der Waals surface area contributed by atoms with Crippen molar-refractivity contribution in [3.05, 3.63) is 64.9 Å². The highest BCUT2D eigenvalue weighted by Gasteiger charge is 2.06. The molecule has 0 saturated heterocycles. The largest absolute Gasteiger partial charge is 0.271 e. The molecule has 2 aromatic rings. The Bertz CT molecular complexity index is 626. The van der Waals surface area contributed by atoms with Crippen molar-refractivity contribution < 1.29 is 4.79 Å². The molecular weight excluding hydrogens is 274 g/mol. The van der Waals surface area contributed by atoms with E-state index < -0.39 is 0 Å². The lowest BCUT2D eigenvalue weighted by Crippen LogP contribution is -2.20. The van der Waals surface area contributed by atoms with Gasteiger partial charge in [-0.15, -0.1) is 0 Å². The Labute approximate surface area is 122 Å². The van der Waals surface area contributed by atoms with Gasteiger partial charge in [-0.1, -0.05) is 30.7 Å². The maximum atomic E-state index is 11.9. The smallest absolute Gasteiger partial charge is 0.267 e. The Morgan fingerprint density at radius 2 is 2.00 bits per heavy atom. The maximum Gasteiger partial charge on any atom is 0.271 e. The predicted molar refractivity (Wildman–Crippen MR) is 80.0 cm³/mol. The van der Waals surface area contributed by atoms with Gasteiger partial charge in [0, 0.05) is 23.0 Å². The molecule has 1 amide bonds. The minimum atomic E-state index is -0.264. The molecule has 1 heterocycles. The van der Waals surface area contributed by atoms with Gasteiger partial charge < -0.3 is 0 Å². The molecule has 1 aromatic heterocycles. The maximum absolute atomic E-state index is 11.9.